The van der Waals surface area contributed by atoms with E-state index < -0.39 is 0 Å². The zero-order valence-corrected chi connectivity index (χ0v) is 13.6. The zero-order valence-electron chi connectivity index (χ0n) is 13.6. The molecule has 0 aromatic carbocycles. The van der Waals surface area contributed by atoms with Gasteiger partial charge in [0.25, 0.3) is 0 Å². The Morgan fingerprint density at radius 1 is 1.21 bits per heavy atom. The molecule has 1 rings (SSSR count). The van der Waals surface area contributed by atoms with Crippen molar-refractivity contribution < 1.29 is 4.74 Å². The maximum atomic E-state index is 5.78. The van der Waals surface area contributed by atoms with Gasteiger partial charge in [0.15, 0.2) is 0 Å². The number of rotatable bonds is 8. The molecule has 0 aliphatic carbocycles. The molecule has 1 N–H and O–H groups in total. The highest BCUT2D eigenvalue weighted by Gasteiger charge is 2.28. The Balaban J connectivity index is 2.29. The summed E-state index contributed by atoms with van der Waals surface area (Å²) in [7, 11) is 0. The summed E-state index contributed by atoms with van der Waals surface area (Å²) in [5, 5.41) is 3.66. The van der Waals surface area contributed by atoms with Crippen molar-refractivity contribution in [2.24, 2.45) is 11.8 Å². The average molecular weight is 270 g/mol. The van der Waals surface area contributed by atoms with Gasteiger partial charge in [-0.1, -0.05) is 34.6 Å². The fraction of sp³-hybridized carbons (Fsp3) is 1.00. The van der Waals surface area contributed by atoms with Crippen LogP contribution in [0.1, 0.15) is 47.5 Å². The monoisotopic (exact) mass is 270 g/mol. The van der Waals surface area contributed by atoms with Crippen LogP contribution in [-0.4, -0.2) is 49.8 Å². The summed E-state index contributed by atoms with van der Waals surface area (Å²) in [6.45, 7) is 16.6. The second kappa shape index (κ2) is 8.93. The van der Waals surface area contributed by atoms with Gasteiger partial charge in [0.05, 0.1) is 6.61 Å². The molecule has 0 saturated carbocycles. The van der Waals surface area contributed by atoms with Gasteiger partial charge in [0.1, 0.15) is 0 Å². The quantitative estimate of drug-likeness (QED) is 0.686. The van der Waals surface area contributed by atoms with Crippen molar-refractivity contribution in [2.75, 3.05) is 32.8 Å². The van der Waals surface area contributed by atoms with Crippen molar-refractivity contribution in [1.82, 2.24) is 10.2 Å². The van der Waals surface area contributed by atoms with E-state index in [1.54, 1.807) is 0 Å². The topological polar surface area (TPSA) is 24.5 Å². The molecule has 19 heavy (non-hydrogen) atoms. The van der Waals surface area contributed by atoms with Crippen LogP contribution in [0.25, 0.3) is 0 Å². The SMILES string of the molecule is CCC1CN(CCOCCC(C)C)C(C(C)C)CN1. The number of nitrogens with zero attached hydrogens (tertiary/aromatic N) is 1. The standard InChI is InChI=1S/C16H34N2O/c1-6-15-12-18(16(11-17-15)14(4)5)8-10-19-9-7-13(2)3/h13-17H,6-12H2,1-5H3. The molecule has 1 heterocycles. The molecule has 0 radical (unpaired) electrons. The Morgan fingerprint density at radius 3 is 2.53 bits per heavy atom. The Labute approximate surface area is 120 Å². The number of hydrogen-bond acceptors (Lipinski definition) is 3. The van der Waals surface area contributed by atoms with Crippen LogP contribution in [0.3, 0.4) is 0 Å². The van der Waals surface area contributed by atoms with Crippen molar-refractivity contribution in [3.8, 4) is 0 Å². The van der Waals surface area contributed by atoms with E-state index in [2.05, 4.69) is 44.8 Å². The first-order valence-electron chi connectivity index (χ1n) is 8.09. The molecule has 3 nitrogen and oxygen atoms in total. The summed E-state index contributed by atoms with van der Waals surface area (Å²) in [5.41, 5.74) is 0. The van der Waals surface area contributed by atoms with E-state index in [0.717, 1.165) is 32.2 Å². The molecule has 2 unspecified atom stereocenters. The molecular weight excluding hydrogens is 236 g/mol. The van der Waals surface area contributed by atoms with Crippen molar-refractivity contribution in [2.45, 2.75) is 59.5 Å². The van der Waals surface area contributed by atoms with Gasteiger partial charge in [0.2, 0.25) is 0 Å². The number of nitrogens with one attached hydrogen (secondary N) is 1. The minimum absolute atomic E-state index is 0.658. The molecule has 2 atom stereocenters. The van der Waals surface area contributed by atoms with Crippen LogP contribution in [0.15, 0.2) is 0 Å². The second-order valence-electron chi connectivity index (χ2n) is 6.61. The molecule has 1 saturated heterocycles. The van der Waals surface area contributed by atoms with Gasteiger partial charge in [0, 0.05) is 38.3 Å². The zero-order chi connectivity index (χ0) is 14.3. The lowest BCUT2D eigenvalue weighted by atomic mass is 9.98. The van der Waals surface area contributed by atoms with E-state index in [0.29, 0.717) is 18.0 Å². The highest BCUT2D eigenvalue weighted by molar-refractivity contribution is 4.87. The summed E-state index contributed by atoms with van der Waals surface area (Å²) in [4.78, 5) is 2.63. The molecule has 3 heteroatoms. The maximum absolute atomic E-state index is 5.78. The molecule has 114 valence electrons. The molecule has 1 aliphatic rings. The van der Waals surface area contributed by atoms with Gasteiger partial charge in [-0.25, -0.2) is 0 Å². The highest BCUT2D eigenvalue weighted by Crippen LogP contribution is 2.16. The third-order valence-corrected chi connectivity index (χ3v) is 4.16. The Kier molecular flexibility index (Phi) is 7.96. The summed E-state index contributed by atoms with van der Waals surface area (Å²) >= 11 is 0. The van der Waals surface area contributed by atoms with Gasteiger partial charge in [-0.05, 0) is 24.7 Å². The van der Waals surface area contributed by atoms with Crippen molar-refractivity contribution >= 4 is 0 Å². The van der Waals surface area contributed by atoms with Crippen LogP contribution in [-0.2, 0) is 4.74 Å². The van der Waals surface area contributed by atoms with Gasteiger partial charge in [-0.3, -0.25) is 4.90 Å². The molecule has 1 fully saturated rings. The molecule has 0 bridgehead atoms. The summed E-state index contributed by atoms with van der Waals surface area (Å²) in [6, 6.07) is 1.32. The molecule has 0 aromatic rings. The van der Waals surface area contributed by atoms with Crippen LogP contribution in [0.5, 0.6) is 0 Å². The third kappa shape index (κ3) is 6.24. The normalized spacial score (nSPS) is 25.4. The van der Waals surface area contributed by atoms with Crippen LogP contribution in [0, 0.1) is 11.8 Å². The molecule has 0 amide bonds. The van der Waals surface area contributed by atoms with Crippen LogP contribution in [0.2, 0.25) is 0 Å². The third-order valence-electron chi connectivity index (χ3n) is 4.16. The summed E-state index contributed by atoms with van der Waals surface area (Å²) in [5.74, 6) is 1.45. The molecule has 1 aliphatic heterocycles. The lowest BCUT2D eigenvalue weighted by Gasteiger charge is -2.42. The fourth-order valence-corrected chi connectivity index (χ4v) is 2.69. The van der Waals surface area contributed by atoms with Crippen LogP contribution >= 0.6 is 0 Å². The van der Waals surface area contributed by atoms with E-state index in [1.807, 2.05) is 0 Å². The fourth-order valence-electron chi connectivity index (χ4n) is 2.69. The molecular formula is C16H34N2O. The molecule has 0 aromatic heterocycles. The first kappa shape index (κ1) is 16.9. The van der Waals surface area contributed by atoms with Crippen molar-refractivity contribution in [3.63, 3.8) is 0 Å². The number of piperazine rings is 1. The van der Waals surface area contributed by atoms with E-state index in [4.69, 9.17) is 4.74 Å². The Bertz CT molecular complexity index is 231. The lowest BCUT2D eigenvalue weighted by molar-refractivity contribution is 0.0470. The van der Waals surface area contributed by atoms with E-state index >= 15 is 0 Å². The smallest absolute Gasteiger partial charge is 0.0593 e. The van der Waals surface area contributed by atoms with Gasteiger partial charge < -0.3 is 10.1 Å². The number of hydrogen-bond donors (Lipinski definition) is 1. The molecule has 0 spiro atoms. The summed E-state index contributed by atoms with van der Waals surface area (Å²) in [6.07, 6.45) is 2.39. The van der Waals surface area contributed by atoms with E-state index in [9.17, 15) is 0 Å². The van der Waals surface area contributed by atoms with Crippen molar-refractivity contribution in [1.29, 1.82) is 0 Å². The predicted octanol–water partition coefficient (Wildman–Crippen LogP) is 2.76. The average Bonchev–Trinajstić information content (AvgIpc) is 2.37. The highest BCUT2D eigenvalue weighted by atomic mass is 16.5. The Morgan fingerprint density at radius 2 is 1.95 bits per heavy atom. The maximum Gasteiger partial charge on any atom is 0.0593 e. The van der Waals surface area contributed by atoms with Crippen LogP contribution in [0.4, 0.5) is 0 Å². The van der Waals surface area contributed by atoms with Gasteiger partial charge in [-0.15, -0.1) is 0 Å². The first-order chi connectivity index (χ1) is 9.04. The Hall–Kier alpha value is -0.120. The van der Waals surface area contributed by atoms with E-state index in [1.165, 1.54) is 19.4 Å². The largest absolute Gasteiger partial charge is 0.380 e. The predicted molar refractivity (Wildman–Crippen MR) is 82.6 cm³/mol. The second-order valence-corrected chi connectivity index (χ2v) is 6.61. The number of ether oxygens (including phenoxy) is 1. The van der Waals surface area contributed by atoms with E-state index in [-0.39, 0.29) is 0 Å². The van der Waals surface area contributed by atoms with Gasteiger partial charge in [-0.2, -0.15) is 0 Å². The van der Waals surface area contributed by atoms with Crippen molar-refractivity contribution in [3.05, 3.63) is 0 Å². The minimum Gasteiger partial charge on any atom is -0.380 e. The summed E-state index contributed by atoms with van der Waals surface area (Å²) < 4.78 is 5.78. The van der Waals surface area contributed by atoms with Gasteiger partial charge >= 0.3 is 0 Å². The lowest BCUT2D eigenvalue weighted by Crippen LogP contribution is -2.58. The van der Waals surface area contributed by atoms with Crippen LogP contribution < -0.4 is 5.32 Å². The first-order valence-corrected chi connectivity index (χ1v) is 8.09. The minimum atomic E-state index is 0.658.